The molecule has 1 aromatic rings. The van der Waals surface area contributed by atoms with Crippen LogP contribution in [-0.4, -0.2) is 101 Å². The SMILES string of the molecule is CC(C)[C@H](C(=O)N1CCC2(CC1)C(=O)N(C)C(=O)N2C1CCC2NNCC2C1)N(C)C(=O)c1cc(C(F)(F)F)ccc1F. The highest BCUT2D eigenvalue weighted by Crippen LogP contribution is 2.43. The second-order valence-corrected chi connectivity index (χ2v) is 12.5. The Bertz CT molecular complexity index is 1300. The molecular formula is C29H38F4N6O4. The fraction of sp³-hybridized carbons (Fsp3) is 0.655. The number of carbonyl (C=O) groups is 4. The Labute approximate surface area is 247 Å². The normalized spacial score (nSPS) is 26.3. The Hall–Kier alpha value is -3.26. The van der Waals surface area contributed by atoms with Crippen LogP contribution in [0.3, 0.4) is 0 Å². The number of alkyl halides is 3. The van der Waals surface area contributed by atoms with Gasteiger partial charge in [0.1, 0.15) is 17.4 Å². The Morgan fingerprint density at radius 1 is 1.12 bits per heavy atom. The summed E-state index contributed by atoms with van der Waals surface area (Å²) in [6.07, 6.45) is -1.95. The van der Waals surface area contributed by atoms with Crippen LogP contribution in [0.1, 0.15) is 61.9 Å². The highest BCUT2D eigenvalue weighted by atomic mass is 19.4. The fourth-order valence-corrected chi connectivity index (χ4v) is 7.38. The van der Waals surface area contributed by atoms with E-state index in [1.807, 2.05) is 0 Å². The number of piperidine rings is 1. The highest BCUT2D eigenvalue weighted by Gasteiger charge is 2.60. The Morgan fingerprint density at radius 2 is 1.79 bits per heavy atom. The molecule has 4 aliphatic rings. The smallest absolute Gasteiger partial charge is 0.341 e. The molecule has 0 aromatic heterocycles. The van der Waals surface area contributed by atoms with E-state index in [-0.39, 0.29) is 43.9 Å². The number of likely N-dealkylation sites (tertiary alicyclic amines) is 1. The number of imide groups is 1. The predicted molar refractivity (Wildman–Crippen MR) is 147 cm³/mol. The molecule has 4 fully saturated rings. The van der Waals surface area contributed by atoms with Crippen LogP contribution >= 0.6 is 0 Å². The first-order valence-electron chi connectivity index (χ1n) is 14.7. The molecular weight excluding hydrogens is 572 g/mol. The lowest BCUT2D eigenvalue weighted by Gasteiger charge is -2.48. The third-order valence-corrected chi connectivity index (χ3v) is 9.68. The van der Waals surface area contributed by atoms with Crippen molar-refractivity contribution in [3.63, 3.8) is 0 Å². The van der Waals surface area contributed by atoms with Crippen molar-refractivity contribution < 1.29 is 36.7 Å². The van der Waals surface area contributed by atoms with Crippen molar-refractivity contribution in [3.05, 3.63) is 35.1 Å². The van der Waals surface area contributed by atoms with Gasteiger partial charge in [-0.25, -0.2) is 9.18 Å². The molecule has 2 N–H and O–H groups in total. The number of urea groups is 1. The van der Waals surface area contributed by atoms with Gasteiger partial charge in [-0.2, -0.15) is 13.2 Å². The van der Waals surface area contributed by atoms with Crippen LogP contribution in [0.5, 0.6) is 0 Å². The number of nitrogens with one attached hydrogen (secondary N) is 2. The van der Waals surface area contributed by atoms with E-state index in [0.29, 0.717) is 30.2 Å². The maximum Gasteiger partial charge on any atom is 0.416 e. The number of benzene rings is 1. The van der Waals surface area contributed by atoms with Crippen molar-refractivity contribution in [2.75, 3.05) is 33.7 Å². The van der Waals surface area contributed by atoms with Gasteiger partial charge in [-0.1, -0.05) is 13.8 Å². The number of likely N-dealkylation sites (N-methyl/N-ethyl adjacent to an activating group) is 2. The minimum Gasteiger partial charge on any atom is -0.341 e. The molecule has 4 atom stereocenters. The van der Waals surface area contributed by atoms with Crippen molar-refractivity contribution in [3.8, 4) is 0 Å². The molecule has 5 amide bonds. The molecule has 236 valence electrons. The van der Waals surface area contributed by atoms with Crippen molar-refractivity contribution in [2.45, 2.75) is 75.8 Å². The topological polar surface area (TPSA) is 105 Å². The van der Waals surface area contributed by atoms with Gasteiger partial charge in [0, 0.05) is 45.8 Å². The van der Waals surface area contributed by atoms with Gasteiger partial charge in [0.15, 0.2) is 0 Å². The van der Waals surface area contributed by atoms with Crippen LogP contribution in [0, 0.1) is 17.7 Å². The third-order valence-electron chi connectivity index (χ3n) is 9.68. The van der Waals surface area contributed by atoms with Crippen LogP contribution in [0.2, 0.25) is 0 Å². The molecule has 1 aliphatic carbocycles. The van der Waals surface area contributed by atoms with Gasteiger partial charge >= 0.3 is 12.2 Å². The highest BCUT2D eigenvalue weighted by molar-refractivity contribution is 6.07. The Kier molecular flexibility index (Phi) is 8.22. The van der Waals surface area contributed by atoms with Crippen LogP contribution in [-0.2, 0) is 15.8 Å². The van der Waals surface area contributed by atoms with E-state index >= 15 is 0 Å². The largest absolute Gasteiger partial charge is 0.416 e. The first-order valence-corrected chi connectivity index (χ1v) is 14.7. The van der Waals surface area contributed by atoms with Crippen LogP contribution < -0.4 is 10.9 Å². The summed E-state index contributed by atoms with van der Waals surface area (Å²) in [6.45, 7) is 4.47. The first-order chi connectivity index (χ1) is 20.2. The molecule has 14 heteroatoms. The standard InChI is InChI=1S/C29H38F4N6O4/c1-16(2)23(36(3)24(40)20-14-18(29(31,32)33)5-7-21(20)30)25(41)38-11-9-28(10-12-38)26(42)37(4)27(43)39(28)19-6-8-22-17(13-19)15-34-35-22/h5,7,14,16-17,19,22-23,34-35H,6,8-13,15H2,1-4H3/t17?,19?,22?,23-/m1/s1. The van der Waals surface area contributed by atoms with Gasteiger partial charge in [-0.05, 0) is 62.1 Å². The molecule has 3 saturated heterocycles. The zero-order valence-corrected chi connectivity index (χ0v) is 24.7. The molecule has 3 aliphatic heterocycles. The molecule has 0 radical (unpaired) electrons. The van der Waals surface area contributed by atoms with Gasteiger partial charge in [0.25, 0.3) is 11.8 Å². The zero-order chi connectivity index (χ0) is 31.4. The van der Waals surface area contributed by atoms with E-state index in [1.165, 1.54) is 23.9 Å². The van der Waals surface area contributed by atoms with Crippen molar-refractivity contribution in [2.24, 2.45) is 11.8 Å². The predicted octanol–water partition coefficient (Wildman–Crippen LogP) is 2.84. The summed E-state index contributed by atoms with van der Waals surface area (Å²) in [4.78, 5) is 59.4. The lowest BCUT2D eigenvalue weighted by atomic mass is 9.78. The Morgan fingerprint density at radius 3 is 2.42 bits per heavy atom. The minimum absolute atomic E-state index is 0.110. The van der Waals surface area contributed by atoms with E-state index in [4.69, 9.17) is 0 Å². The fourth-order valence-electron chi connectivity index (χ4n) is 7.38. The number of hydrogen-bond acceptors (Lipinski definition) is 6. The minimum atomic E-state index is -4.77. The van der Waals surface area contributed by atoms with Gasteiger partial charge in [0.05, 0.1) is 11.1 Å². The van der Waals surface area contributed by atoms with E-state index in [0.717, 1.165) is 30.7 Å². The number of carbonyl (C=O) groups excluding carboxylic acids is 4. The first kappa shape index (κ1) is 31.2. The van der Waals surface area contributed by atoms with Crippen molar-refractivity contribution in [1.29, 1.82) is 0 Å². The van der Waals surface area contributed by atoms with E-state index in [1.54, 1.807) is 18.7 Å². The summed E-state index contributed by atoms with van der Waals surface area (Å²) < 4.78 is 54.3. The second-order valence-electron chi connectivity index (χ2n) is 12.5. The molecule has 1 aromatic carbocycles. The number of hydrazine groups is 1. The lowest BCUT2D eigenvalue weighted by molar-refractivity contribution is -0.144. The maximum atomic E-state index is 14.5. The molecule has 1 spiro atoms. The number of amides is 5. The average Bonchev–Trinajstić information content (AvgIpc) is 3.49. The molecule has 0 bridgehead atoms. The maximum absolute atomic E-state index is 14.5. The van der Waals surface area contributed by atoms with Crippen molar-refractivity contribution >= 4 is 23.8 Å². The molecule has 43 heavy (non-hydrogen) atoms. The summed E-state index contributed by atoms with van der Waals surface area (Å²) in [7, 11) is 2.76. The van der Waals surface area contributed by atoms with Gasteiger partial charge in [-0.15, -0.1) is 0 Å². The third kappa shape index (κ3) is 5.36. The number of fused-ring (bicyclic) bond motifs is 1. The van der Waals surface area contributed by atoms with Gasteiger partial charge in [0.2, 0.25) is 5.91 Å². The number of halogens is 4. The Balaban J connectivity index is 1.33. The van der Waals surface area contributed by atoms with E-state index in [2.05, 4.69) is 10.9 Å². The average molecular weight is 611 g/mol. The summed E-state index contributed by atoms with van der Waals surface area (Å²) in [5.74, 6) is -3.01. The molecule has 10 nitrogen and oxygen atoms in total. The number of nitrogens with zero attached hydrogens (tertiary/aromatic N) is 4. The quantitative estimate of drug-likeness (QED) is 0.393. The summed E-state index contributed by atoms with van der Waals surface area (Å²) in [6, 6.07) is 0.405. The summed E-state index contributed by atoms with van der Waals surface area (Å²) >= 11 is 0. The van der Waals surface area contributed by atoms with Crippen LogP contribution in [0.15, 0.2) is 18.2 Å². The zero-order valence-electron chi connectivity index (χ0n) is 24.7. The summed E-state index contributed by atoms with van der Waals surface area (Å²) in [5, 5.41) is 0. The monoisotopic (exact) mass is 610 g/mol. The second kappa shape index (κ2) is 11.3. The van der Waals surface area contributed by atoms with Gasteiger partial charge < -0.3 is 14.7 Å². The molecule has 5 rings (SSSR count). The van der Waals surface area contributed by atoms with E-state index < -0.39 is 52.4 Å². The van der Waals surface area contributed by atoms with Crippen molar-refractivity contribution in [1.82, 2.24) is 30.5 Å². The number of rotatable bonds is 5. The number of hydrogen-bond donors (Lipinski definition) is 2. The summed E-state index contributed by atoms with van der Waals surface area (Å²) in [5.41, 5.74) is 3.44. The molecule has 1 saturated carbocycles. The molecule has 3 unspecified atom stereocenters. The van der Waals surface area contributed by atoms with Gasteiger partial charge in [-0.3, -0.25) is 30.1 Å². The van der Waals surface area contributed by atoms with Crippen LogP contribution in [0.4, 0.5) is 22.4 Å². The van der Waals surface area contributed by atoms with Crippen LogP contribution in [0.25, 0.3) is 0 Å². The van der Waals surface area contributed by atoms with E-state index in [9.17, 15) is 36.7 Å². The lowest BCUT2D eigenvalue weighted by Crippen LogP contribution is -2.62. The molecule has 3 heterocycles.